The van der Waals surface area contributed by atoms with Crippen molar-refractivity contribution in [2.45, 2.75) is 38.6 Å². The van der Waals surface area contributed by atoms with Gasteiger partial charge in [0, 0.05) is 37.3 Å². The lowest BCUT2D eigenvalue weighted by Gasteiger charge is -2.19. The largest absolute Gasteiger partial charge is 0.338 e. The lowest BCUT2D eigenvalue weighted by Crippen LogP contribution is -2.21. The van der Waals surface area contributed by atoms with Crippen LogP contribution < -0.4 is 5.73 Å². The summed E-state index contributed by atoms with van der Waals surface area (Å²) in [5, 5.41) is 4.22. The van der Waals surface area contributed by atoms with Gasteiger partial charge in [-0.1, -0.05) is 25.3 Å². The summed E-state index contributed by atoms with van der Waals surface area (Å²) in [7, 11) is 1.98. The minimum Gasteiger partial charge on any atom is -0.338 e. The molecular weight excluding hydrogens is 246 g/mol. The second-order valence-electron chi connectivity index (χ2n) is 5.50. The van der Waals surface area contributed by atoms with Crippen molar-refractivity contribution in [1.29, 1.82) is 0 Å². The van der Waals surface area contributed by atoms with Crippen LogP contribution in [-0.2, 0) is 18.9 Å². The smallest absolute Gasteiger partial charge is 0.110 e. The van der Waals surface area contributed by atoms with E-state index in [4.69, 9.17) is 5.73 Å². The van der Waals surface area contributed by atoms with Gasteiger partial charge in [-0.25, -0.2) is 4.98 Å². The molecule has 0 radical (unpaired) electrons. The first kappa shape index (κ1) is 13.2. The van der Waals surface area contributed by atoms with Gasteiger partial charge in [0.05, 0.1) is 10.6 Å². The van der Waals surface area contributed by atoms with E-state index in [9.17, 15) is 0 Å². The Bertz CT molecular complexity index is 523. The first-order valence-electron chi connectivity index (χ1n) is 5.94. The fraction of sp³-hybridized carbons (Fsp3) is 0.583. The van der Waals surface area contributed by atoms with E-state index in [2.05, 4.69) is 35.3 Å². The molecule has 2 aromatic heterocycles. The zero-order valence-electron chi connectivity index (χ0n) is 11.2. The first-order chi connectivity index (χ1) is 8.39. The van der Waals surface area contributed by atoms with Crippen molar-refractivity contribution in [3.8, 4) is 0 Å². The van der Waals surface area contributed by atoms with Crippen LogP contribution >= 0.6 is 11.5 Å². The molecular formula is C12H19N5S. The molecule has 0 bridgehead atoms. The average molecular weight is 265 g/mol. The molecule has 98 valence electrons. The normalized spacial score (nSPS) is 13.8. The van der Waals surface area contributed by atoms with Crippen LogP contribution in [0, 0.1) is 0 Å². The quantitative estimate of drug-likeness (QED) is 0.919. The highest BCUT2D eigenvalue weighted by Gasteiger charge is 2.26. The third-order valence-corrected chi connectivity index (χ3v) is 3.74. The van der Waals surface area contributed by atoms with E-state index < -0.39 is 0 Å². The minimum atomic E-state index is -0.0969. The third-order valence-electron chi connectivity index (χ3n) is 2.88. The Balaban J connectivity index is 2.22. The monoisotopic (exact) mass is 265 g/mol. The standard InChI is InChI=1S/C12H19N5S/c1-12(2,3)11-10(18-16-15-11)8(13)7-9-14-5-6-17(9)4/h5-6,8H,7,13H2,1-4H3. The maximum atomic E-state index is 6.27. The molecule has 0 fully saturated rings. The van der Waals surface area contributed by atoms with Gasteiger partial charge in [0.2, 0.25) is 0 Å². The van der Waals surface area contributed by atoms with Crippen molar-refractivity contribution in [3.63, 3.8) is 0 Å². The molecule has 0 saturated carbocycles. The fourth-order valence-electron chi connectivity index (χ4n) is 1.84. The molecule has 1 atom stereocenters. The lowest BCUT2D eigenvalue weighted by atomic mass is 9.89. The minimum absolute atomic E-state index is 0.0262. The highest BCUT2D eigenvalue weighted by atomic mass is 32.1. The van der Waals surface area contributed by atoms with Crippen LogP contribution in [0.1, 0.15) is 43.2 Å². The van der Waals surface area contributed by atoms with Gasteiger partial charge in [-0.3, -0.25) is 0 Å². The summed E-state index contributed by atoms with van der Waals surface area (Å²) in [5.74, 6) is 0.982. The maximum absolute atomic E-state index is 6.27. The molecule has 0 aliphatic carbocycles. The molecule has 2 rings (SSSR count). The molecule has 18 heavy (non-hydrogen) atoms. The molecule has 0 aliphatic heterocycles. The zero-order valence-corrected chi connectivity index (χ0v) is 12.0. The molecule has 0 saturated heterocycles. The number of aryl methyl sites for hydroxylation is 1. The molecule has 2 aromatic rings. The van der Waals surface area contributed by atoms with Gasteiger partial charge in [0.15, 0.2) is 0 Å². The van der Waals surface area contributed by atoms with E-state index >= 15 is 0 Å². The highest BCUT2D eigenvalue weighted by Crippen LogP contribution is 2.30. The predicted octanol–water partition coefficient (Wildman–Crippen LogP) is 1.81. The fourth-order valence-corrected chi connectivity index (χ4v) is 2.71. The second-order valence-corrected chi connectivity index (χ2v) is 6.29. The number of nitrogens with zero attached hydrogens (tertiary/aromatic N) is 4. The number of hydrogen-bond acceptors (Lipinski definition) is 5. The van der Waals surface area contributed by atoms with Crippen molar-refractivity contribution < 1.29 is 0 Å². The van der Waals surface area contributed by atoms with Crippen molar-refractivity contribution in [3.05, 3.63) is 28.8 Å². The molecule has 2 N–H and O–H groups in total. The first-order valence-corrected chi connectivity index (χ1v) is 6.71. The van der Waals surface area contributed by atoms with E-state index in [0.29, 0.717) is 6.42 Å². The van der Waals surface area contributed by atoms with Crippen LogP contribution in [0.5, 0.6) is 0 Å². The molecule has 0 spiro atoms. The van der Waals surface area contributed by atoms with E-state index in [0.717, 1.165) is 16.4 Å². The van der Waals surface area contributed by atoms with E-state index in [-0.39, 0.29) is 11.5 Å². The summed E-state index contributed by atoms with van der Waals surface area (Å²) >= 11 is 1.39. The van der Waals surface area contributed by atoms with Crippen molar-refractivity contribution in [2.24, 2.45) is 12.8 Å². The van der Waals surface area contributed by atoms with E-state index in [1.807, 2.05) is 17.8 Å². The van der Waals surface area contributed by atoms with Crippen molar-refractivity contribution in [2.75, 3.05) is 0 Å². The van der Waals surface area contributed by atoms with Crippen molar-refractivity contribution in [1.82, 2.24) is 19.1 Å². The van der Waals surface area contributed by atoms with Gasteiger partial charge in [-0.15, -0.1) is 5.10 Å². The van der Waals surface area contributed by atoms with Crippen molar-refractivity contribution >= 4 is 11.5 Å². The average Bonchev–Trinajstić information content (AvgIpc) is 2.86. The Morgan fingerprint density at radius 1 is 1.44 bits per heavy atom. The Labute approximate surface area is 111 Å². The molecule has 5 nitrogen and oxygen atoms in total. The van der Waals surface area contributed by atoms with E-state index in [1.165, 1.54) is 11.5 Å². The maximum Gasteiger partial charge on any atom is 0.110 e. The lowest BCUT2D eigenvalue weighted by molar-refractivity contribution is 0.547. The topological polar surface area (TPSA) is 69.6 Å². The van der Waals surface area contributed by atoms with Crippen LogP contribution in [0.15, 0.2) is 12.4 Å². The zero-order chi connectivity index (χ0) is 13.3. The highest BCUT2D eigenvalue weighted by molar-refractivity contribution is 7.05. The van der Waals surface area contributed by atoms with Gasteiger partial charge < -0.3 is 10.3 Å². The summed E-state index contributed by atoms with van der Waals surface area (Å²) in [5.41, 5.74) is 7.24. The Morgan fingerprint density at radius 2 is 2.17 bits per heavy atom. The molecule has 0 aliphatic rings. The number of aromatic nitrogens is 4. The molecule has 6 heteroatoms. The molecule has 0 aromatic carbocycles. The SMILES string of the molecule is Cn1ccnc1CC(N)c1snnc1C(C)(C)C. The Kier molecular flexibility index (Phi) is 3.49. The van der Waals surface area contributed by atoms with Crippen LogP contribution in [0.3, 0.4) is 0 Å². The van der Waals surface area contributed by atoms with Crippen LogP contribution in [-0.4, -0.2) is 19.1 Å². The van der Waals surface area contributed by atoms with Crippen LogP contribution in [0.25, 0.3) is 0 Å². The van der Waals surface area contributed by atoms with Gasteiger partial charge in [0.1, 0.15) is 5.82 Å². The van der Waals surface area contributed by atoms with E-state index in [1.54, 1.807) is 6.20 Å². The predicted molar refractivity (Wildman–Crippen MR) is 72.4 cm³/mol. The van der Waals surface area contributed by atoms with Gasteiger partial charge in [0.25, 0.3) is 0 Å². The van der Waals surface area contributed by atoms with Gasteiger partial charge >= 0.3 is 0 Å². The Morgan fingerprint density at radius 3 is 2.72 bits per heavy atom. The van der Waals surface area contributed by atoms with Gasteiger partial charge in [-0.05, 0) is 11.5 Å². The summed E-state index contributed by atoms with van der Waals surface area (Å²) < 4.78 is 6.04. The number of hydrogen-bond donors (Lipinski definition) is 1. The summed E-state index contributed by atoms with van der Waals surface area (Å²) in [6.07, 6.45) is 4.42. The number of rotatable bonds is 3. The molecule has 2 heterocycles. The summed E-state index contributed by atoms with van der Waals surface area (Å²) in [4.78, 5) is 5.36. The van der Waals surface area contributed by atoms with Crippen LogP contribution in [0.2, 0.25) is 0 Å². The van der Waals surface area contributed by atoms with Crippen LogP contribution in [0.4, 0.5) is 0 Å². The van der Waals surface area contributed by atoms with Gasteiger partial charge in [-0.2, -0.15) is 0 Å². The summed E-state index contributed by atoms with van der Waals surface area (Å²) in [6, 6.07) is -0.0969. The number of nitrogens with two attached hydrogens (primary N) is 1. The molecule has 0 amide bonds. The third kappa shape index (κ3) is 2.59. The summed E-state index contributed by atoms with van der Waals surface area (Å²) in [6.45, 7) is 6.38. The number of imidazole rings is 1. The second kappa shape index (κ2) is 4.78. The Hall–Kier alpha value is -1.27. The molecule has 1 unspecified atom stereocenters.